The SMILES string of the molecule is O=C1C2C3C=CC(C3)C2C(=O)N1c1ccc(Br)c(C(F)(F)F)c1. The summed E-state index contributed by atoms with van der Waals surface area (Å²) in [5, 5.41) is 0. The Labute approximate surface area is 138 Å². The molecule has 1 aliphatic heterocycles. The van der Waals surface area contributed by atoms with E-state index in [0.29, 0.717) is 0 Å². The van der Waals surface area contributed by atoms with Crippen LogP contribution in [0, 0.1) is 23.7 Å². The van der Waals surface area contributed by atoms with E-state index in [1.54, 1.807) is 0 Å². The monoisotopic (exact) mass is 385 g/mol. The minimum atomic E-state index is -4.56. The summed E-state index contributed by atoms with van der Waals surface area (Å²) in [4.78, 5) is 26.2. The van der Waals surface area contributed by atoms with Gasteiger partial charge in [-0.1, -0.05) is 28.1 Å². The lowest BCUT2D eigenvalue weighted by atomic mass is 9.85. The van der Waals surface area contributed by atoms with Gasteiger partial charge in [0.15, 0.2) is 0 Å². The van der Waals surface area contributed by atoms with Crippen LogP contribution in [-0.2, 0) is 15.8 Å². The lowest BCUT2D eigenvalue weighted by molar-refractivity contribution is -0.138. The Kier molecular flexibility index (Phi) is 3.04. The second-order valence-corrected chi connectivity index (χ2v) is 7.03. The number of benzene rings is 1. The third-order valence-electron chi connectivity index (χ3n) is 4.98. The van der Waals surface area contributed by atoms with E-state index in [1.807, 2.05) is 12.2 Å². The molecule has 3 nitrogen and oxygen atoms in total. The smallest absolute Gasteiger partial charge is 0.274 e. The Bertz CT molecular complexity index is 728. The van der Waals surface area contributed by atoms with Crippen molar-refractivity contribution in [1.82, 2.24) is 0 Å². The van der Waals surface area contributed by atoms with Crippen LogP contribution in [-0.4, -0.2) is 11.8 Å². The minimum absolute atomic E-state index is 0.00988. The van der Waals surface area contributed by atoms with Crippen LogP contribution >= 0.6 is 15.9 Å². The standard InChI is InChI=1S/C16H11BrF3NO2/c17-11-4-3-9(6-10(11)16(18,19)20)21-14(22)12-7-1-2-8(5-7)13(12)15(21)23/h1-4,6-8,12-13H,5H2. The number of amides is 2. The molecule has 0 aromatic heterocycles. The zero-order valence-electron chi connectivity index (χ0n) is 11.7. The maximum Gasteiger partial charge on any atom is 0.417 e. The summed E-state index contributed by atoms with van der Waals surface area (Å²) in [5.41, 5.74) is -0.905. The molecule has 2 aliphatic carbocycles. The second-order valence-electron chi connectivity index (χ2n) is 6.17. The Morgan fingerprint density at radius 2 is 1.61 bits per heavy atom. The van der Waals surface area contributed by atoms with Crippen LogP contribution < -0.4 is 4.90 Å². The van der Waals surface area contributed by atoms with E-state index in [0.717, 1.165) is 17.4 Å². The summed E-state index contributed by atoms with van der Waals surface area (Å²) in [5.74, 6) is -1.54. The van der Waals surface area contributed by atoms with Crippen molar-refractivity contribution in [2.75, 3.05) is 4.90 Å². The normalized spacial score (nSPS) is 32.1. The Morgan fingerprint density at radius 3 is 2.13 bits per heavy atom. The van der Waals surface area contributed by atoms with Crippen LogP contribution in [0.1, 0.15) is 12.0 Å². The van der Waals surface area contributed by atoms with Crippen molar-refractivity contribution in [3.05, 3.63) is 40.4 Å². The molecule has 2 fully saturated rings. The predicted molar refractivity (Wildman–Crippen MR) is 79.4 cm³/mol. The summed E-state index contributed by atoms with van der Waals surface area (Å²) in [6, 6.07) is 3.45. The highest BCUT2D eigenvalue weighted by atomic mass is 79.9. The van der Waals surface area contributed by atoms with Gasteiger partial charge in [-0.05, 0) is 36.5 Å². The number of halogens is 4. The van der Waals surface area contributed by atoms with Crippen molar-refractivity contribution in [2.45, 2.75) is 12.6 Å². The van der Waals surface area contributed by atoms with Crippen molar-refractivity contribution in [2.24, 2.45) is 23.7 Å². The molecule has 3 aliphatic rings. The molecule has 4 unspecified atom stereocenters. The molecule has 1 aromatic carbocycles. The van der Waals surface area contributed by atoms with Crippen LogP contribution in [0.4, 0.5) is 18.9 Å². The van der Waals surface area contributed by atoms with E-state index in [9.17, 15) is 22.8 Å². The van der Waals surface area contributed by atoms with Gasteiger partial charge in [-0.25, -0.2) is 0 Å². The van der Waals surface area contributed by atoms with Gasteiger partial charge < -0.3 is 0 Å². The van der Waals surface area contributed by atoms with Crippen molar-refractivity contribution < 1.29 is 22.8 Å². The van der Waals surface area contributed by atoms with Crippen LogP contribution in [0.2, 0.25) is 0 Å². The molecule has 23 heavy (non-hydrogen) atoms. The fourth-order valence-corrected chi connectivity index (χ4v) is 4.50. The molecule has 2 bridgehead atoms. The van der Waals surface area contributed by atoms with Crippen LogP contribution in [0.5, 0.6) is 0 Å². The summed E-state index contributed by atoms with van der Waals surface area (Å²) in [6.07, 6.45) is 0.123. The molecule has 120 valence electrons. The van der Waals surface area contributed by atoms with Gasteiger partial charge in [-0.3, -0.25) is 14.5 Å². The topological polar surface area (TPSA) is 37.4 Å². The van der Waals surface area contributed by atoms with Gasteiger partial charge in [0.25, 0.3) is 0 Å². The van der Waals surface area contributed by atoms with Crippen LogP contribution in [0.15, 0.2) is 34.8 Å². The minimum Gasteiger partial charge on any atom is -0.274 e. The quantitative estimate of drug-likeness (QED) is 0.544. The first-order valence-corrected chi connectivity index (χ1v) is 8.01. The molecular weight excluding hydrogens is 375 g/mol. The largest absolute Gasteiger partial charge is 0.417 e. The van der Waals surface area contributed by atoms with Crippen LogP contribution in [0.3, 0.4) is 0 Å². The maximum atomic E-state index is 13.0. The molecule has 4 rings (SSSR count). The number of imide groups is 1. The Hall–Kier alpha value is -1.63. The van der Waals surface area contributed by atoms with Gasteiger partial charge in [-0.15, -0.1) is 0 Å². The van der Waals surface area contributed by atoms with Crippen LogP contribution in [0.25, 0.3) is 0 Å². The highest BCUT2D eigenvalue weighted by Crippen LogP contribution is 2.53. The summed E-state index contributed by atoms with van der Waals surface area (Å²) < 4.78 is 39.0. The second kappa shape index (κ2) is 4.69. The summed E-state index contributed by atoms with van der Waals surface area (Å²) in [7, 11) is 0. The number of allylic oxidation sites excluding steroid dienone is 2. The lowest BCUT2D eigenvalue weighted by Gasteiger charge is -2.19. The molecule has 2 amide bonds. The molecule has 1 saturated heterocycles. The highest BCUT2D eigenvalue weighted by molar-refractivity contribution is 9.10. The molecule has 4 atom stereocenters. The number of hydrogen-bond acceptors (Lipinski definition) is 2. The van der Waals surface area contributed by atoms with E-state index >= 15 is 0 Å². The number of fused-ring (bicyclic) bond motifs is 5. The number of anilines is 1. The molecule has 0 N–H and O–H groups in total. The van der Waals surface area contributed by atoms with Crippen molar-refractivity contribution in [3.63, 3.8) is 0 Å². The van der Waals surface area contributed by atoms with Gasteiger partial charge in [0.1, 0.15) is 0 Å². The van der Waals surface area contributed by atoms with E-state index in [-0.39, 0.29) is 33.8 Å². The van der Waals surface area contributed by atoms with Gasteiger partial charge in [-0.2, -0.15) is 13.2 Å². The van der Waals surface area contributed by atoms with E-state index in [2.05, 4.69) is 15.9 Å². The van der Waals surface area contributed by atoms with Crippen molar-refractivity contribution >= 4 is 33.4 Å². The first-order chi connectivity index (χ1) is 10.8. The molecule has 1 heterocycles. The highest BCUT2D eigenvalue weighted by Gasteiger charge is 2.59. The molecule has 0 radical (unpaired) electrons. The first kappa shape index (κ1) is 14.9. The maximum absolute atomic E-state index is 13.0. The average molecular weight is 386 g/mol. The van der Waals surface area contributed by atoms with Crippen molar-refractivity contribution in [3.8, 4) is 0 Å². The zero-order valence-corrected chi connectivity index (χ0v) is 13.3. The number of alkyl halides is 3. The fraction of sp³-hybridized carbons (Fsp3) is 0.375. The number of carbonyl (C=O) groups excluding carboxylic acids is 2. The summed E-state index contributed by atoms with van der Waals surface area (Å²) in [6.45, 7) is 0. The lowest BCUT2D eigenvalue weighted by Crippen LogP contribution is -2.33. The van der Waals surface area contributed by atoms with Crippen molar-refractivity contribution in [1.29, 1.82) is 0 Å². The Morgan fingerprint density at radius 1 is 1.04 bits per heavy atom. The number of nitrogens with zero attached hydrogens (tertiary/aromatic N) is 1. The summed E-state index contributed by atoms with van der Waals surface area (Å²) >= 11 is 2.86. The molecule has 7 heteroatoms. The van der Waals surface area contributed by atoms with E-state index in [1.165, 1.54) is 12.1 Å². The molecular formula is C16H11BrF3NO2. The zero-order chi connectivity index (χ0) is 16.5. The third-order valence-corrected chi connectivity index (χ3v) is 5.68. The van der Waals surface area contributed by atoms with E-state index < -0.39 is 23.6 Å². The van der Waals surface area contributed by atoms with Gasteiger partial charge in [0.05, 0.1) is 23.1 Å². The van der Waals surface area contributed by atoms with E-state index in [4.69, 9.17) is 0 Å². The average Bonchev–Trinajstić information content (AvgIpc) is 3.13. The molecule has 1 aromatic rings. The third kappa shape index (κ3) is 2.02. The fourth-order valence-electron chi connectivity index (χ4n) is 4.03. The first-order valence-electron chi connectivity index (χ1n) is 7.22. The van der Waals surface area contributed by atoms with Gasteiger partial charge in [0.2, 0.25) is 11.8 Å². The number of carbonyl (C=O) groups is 2. The predicted octanol–water partition coefficient (Wildman–Crippen LogP) is 3.78. The van der Waals surface area contributed by atoms with Gasteiger partial charge in [0, 0.05) is 4.47 Å². The molecule has 1 saturated carbocycles. The molecule has 0 spiro atoms. The number of rotatable bonds is 1. The number of hydrogen-bond donors (Lipinski definition) is 0. The van der Waals surface area contributed by atoms with Gasteiger partial charge >= 0.3 is 6.18 Å². The Balaban J connectivity index is 1.75.